The van der Waals surface area contributed by atoms with Crippen molar-refractivity contribution in [3.8, 4) is 33.1 Å². The molecule has 1 aliphatic carbocycles. The fourth-order valence-corrected chi connectivity index (χ4v) is 6.30. The first-order valence-electron chi connectivity index (χ1n) is 13.2. The Kier molecular flexibility index (Phi) is 5.96. The molecule has 3 N–H and O–H groups in total. The van der Waals surface area contributed by atoms with E-state index in [1.165, 1.54) is 11.3 Å². The lowest BCUT2D eigenvalue weighted by molar-refractivity contribution is -0.119. The highest BCUT2D eigenvalue weighted by atomic mass is 32.1. The van der Waals surface area contributed by atoms with Gasteiger partial charge in [-0.25, -0.2) is 4.98 Å². The second-order valence-electron chi connectivity index (χ2n) is 10.1. The first kappa shape index (κ1) is 24.3. The Morgan fingerprint density at radius 3 is 2.65 bits per heavy atom. The third-order valence-corrected chi connectivity index (χ3v) is 8.67. The number of hydrogen-bond acceptors (Lipinski definition) is 7. The minimum Gasteiger partial charge on any atom is -0.352 e. The number of H-pyrrole nitrogens is 2. The summed E-state index contributed by atoms with van der Waals surface area (Å²) in [5.74, 6) is 0.187. The van der Waals surface area contributed by atoms with E-state index in [0.717, 1.165) is 74.4 Å². The number of ketones is 1. The third-order valence-electron chi connectivity index (χ3n) is 7.45. The molecule has 0 bridgehead atoms. The molecule has 0 aromatic carbocycles. The molecule has 7 rings (SSSR count). The van der Waals surface area contributed by atoms with Crippen LogP contribution in [0.2, 0.25) is 0 Å². The van der Waals surface area contributed by atoms with E-state index < -0.39 is 0 Å². The zero-order valence-electron chi connectivity index (χ0n) is 21.7. The van der Waals surface area contributed by atoms with Crippen LogP contribution < -0.4 is 5.32 Å². The molecule has 0 atom stereocenters. The molecule has 1 fully saturated rings. The van der Waals surface area contributed by atoms with Crippen molar-refractivity contribution in [2.45, 2.75) is 32.6 Å². The molecule has 6 aromatic rings. The summed E-state index contributed by atoms with van der Waals surface area (Å²) < 4.78 is 0. The van der Waals surface area contributed by atoms with Crippen molar-refractivity contribution in [2.75, 3.05) is 5.32 Å². The molecule has 1 amide bonds. The monoisotopic (exact) mass is 547 g/mol. The summed E-state index contributed by atoms with van der Waals surface area (Å²) in [4.78, 5) is 43.3. The Bertz CT molecular complexity index is 1910. The summed E-state index contributed by atoms with van der Waals surface area (Å²) in [6, 6.07) is 11.6. The van der Waals surface area contributed by atoms with Crippen molar-refractivity contribution in [2.24, 2.45) is 5.92 Å². The lowest BCUT2D eigenvalue weighted by Gasteiger charge is -2.11. The Balaban J connectivity index is 1.24. The van der Waals surface area contributed by atoms with E-state index in [-0.39, 0.29) is 17.6 Å². The standard InChI is InChI=1S/C30H25N7O2S/c1-16(38)26-8-9-27(40-26)21-14-32-15-25-20(21)11-24(34-25)29-28-23(36-37-29)7-6-22(35-28)18-10-19(13-31-12-18)33-30(39)17-4-2-3-5-17/h6-15,17,34H,2-5H2,1H3,(H,33,39)(H,36,37). The topological polar surface area (TPSA) is 129 Å². The van der Waals surface area contributed by atoms with Gasteiger partial charge in [-0.2, -0.15) is 5.10 Å². The second-order valence-corrected chi connectivity index (χ2v) is 11.2. The highest BCUT2D eigenvalue weighted by Gasteiger charge is 2.23. The minimum absolute atomic E-state index is 0.0490. The number of amides is 1. The van der Waals surface area contributed by atoms with Crippen LogP contribution in [0, 0.1) is 5.92 Å². The van der Waals surface area contributed by atoms with E-state index >= 15 is 0 Å². The largest absolute Gasteiger partial charge is 0.352 e. The number of pyridine rings is 3. The summed E-state index contributed by atoms with van der Waals surface area (Å²) in [6.45, 7) is 1.58. The zero-order chi connectivity index (χ0) is 27.2. The predicted octanol–water partition coefficient (Wildman–Crippen LogP) is 6.62. The first-order valence-corrected chi connectivity index (χ1v) is 14.0. The maximum Gasteiger partial charge on any atom is 0.227 e. The fraction of sp³-hybridized carbons (Fsp3) is 0.200. The van der Waals surface area contributed by atoms with Crippen LogP contribution >= 0.6 is 11.3 Å². The van der Waals surface area contributed by atoms with Crippen molar-refractivity contribution < 1.29 is 9.59 Å². The minimum atomic E-state index is 0.0490. The Morgan fingerprint density at radius 1 is 0.975 bits per heavy atom. The predicted molar refractivity (Wildman–Crippen MR) is 156 cm³/mol. The molecular weight excluding hydrogens is 522 g/mol. The lowest BCUT2D eigenvalue weighted by atomic mass is 10.1. The average molecular weight is 548 g/mol. The number of carbonyl (C=O) groups is 2. The molecule has 198 valence electrons. The first-order chi connectivity index (χ1) is 19.5. The van der Waals surface area contributed by atoms with Crippen LogP contribution in [0.15, 0.2) is 61.2 Å². The summed E-state index contributed by atoms with van der Waals surface area (Å²) in [5, 5.41) is 11.7. The van der Waals surface area contributed by atoms with Gasteiger partial charge < -0.3 is 10.3 Å². The summed E-state index contributed by atoms with van der Waals surface area (Å²) in [6.07, 6.45) is 11.1. The van der Waals surface area contributed by atoms with Crippen LogP contribution in [0.4, 0.5) is 5.69 Å². The molecule has 0 aliphatic heterocycles. The Labute approximate surface area is 233 Å². The van der Waals surface area contributed by atoms with Gasteiger partial charge in [0.25, 0.3) is 0 Å². The molecule has 10 heteroatoms. The fourth-order valence-electron chi connectivity index (χ4n) is 5.38. The number of Topliss-reactive ketones (excluding diaryl/α,β-unsaturated/α-hetero) is 1. The maximum atomic E-state index is 12.6. The van der Waals surface area contributed by atoms with Crippen molar-refractivity contribution in [1.29, 1.82) is 0 Å². The maximum absolute atomic E-state index is 12.6. The van der Waals surface area contributed by atoms with E-state index in [0.29, 0.717) is 16.9 Å². The smallest absolute Gasteiger partial charge is 0.227 e. The number of aromatic nitrogens is 6. The number of fused-ring (bicyclic) bond motifs is 2. The van der Waals surface area contributed by atoms with Crippen molar-refractivity contribution in [1.82, 2.24) is 30.1 Å². The highest BCUT2D eigenvalue weighted by Crippen LogP contribution is 2.36. The number of thiophene rings is 1. The number of nitrogens with one attached hydrogen (secondary N) is 3. The van der Waals surface area contributed by atoms with Gasteiger partial charge in [0.2, 0.25) is 5.91 Å². The normalized spacial score (nSPS) is 13.8. The van der Waals surface area contributed by atoms with E-state index in [4.69, 9.17) is 4.98 Å². The van der Waals surface area contributed by atoms with Crippen LogP contribution in [0.5, 0.6) is 0 Å². The Morgan fingerprint density at radius 2 is 1.82 bits per heavy atom. The van der Waals surface area contributed by atoms with Crippen LogP contribution in [0.1, 0.15) is 42.3 Å². The van der Waals surface area contributed by atoms with Crippen molar-refractivity contribution in [3.05, 3.63) is 66.1 Å². The third kappa shape index (κ3) is 4.36. The zero-order valence-corrected chi connectivity index (χ0v) is 22.5. The van der Waals surface area contributed by atoms with Gasteiger partial charge in [0.05, 0.1) is 45.4 Å². The Hall–Kier alpha value is -4.70. The van der Waals surface area contributed by atoms with Crippen LogP contribution in [0.3, 0.4) is 0 Å². The molecule has 6 heterocycles. The van der Waals surface area contributed by atoms with Gasteiger partial charge in [0.1, 0.15) is 11.2 Å². The summed E-state index contributed by atoms with van der Waals surface area (Å²) >= 11 is 1.46. The van der Waals surface area contributed by atoms with Crippen molar-refractivity contribution >= 4 is 50.7 Å². The van der Waals surface area contributed by atoms with Gasteiger partial charge in [0, 0.05) is 39.7 Å². The molecule has 40 heavy (non-hydrogen) atoms. The molecule has 1 aliphatic rings. The van der Waals surface area contributed by atoms with Crippen LogP contribution in [-0.4, -0.2) is 41.8 Å². The van der Waals surface area contributed by atoms with Gasteiger partial charge in [-0.15, -0.1) is 11.3 Å². The molecule has 1 saturated carbocycles. The molecular formula is C30H25N7O2S. The van der Waals surface area contributed by atoms with Gasteiger partial charge in [0.15, 0.2) is 5.78 Å². The number of nitrogens with zero attached hydrogens (tertiary/aromatic N) is 4. The van der Waals surface area contributed by atoms with Crippen LogP contribution in [0.25, 0.3) is 55.0 Å². The molecule has 0 spiro atoms. The molecule has 0 saturated heterocycles. The van der Waals surface area contributed by atoms with E-state index in [1.807, 2.05) is 42.6 Å². The average Bonchev–Trinajstić information content (AvgIpc) is 3.78. The van der Waals surface area contributed by atoms with Gasteiger partial charge in [-0.05, 0) is 56.2 Å². The number of carbonyl (C=O) groups excluding carboxylic acids is 2. The number of aromatic amines is 2. The van der Waals surface area contributed by atoms with Gasteiger partial charge in [-0.3, -0.25) is 24.7 Å². The molecule has 6 aromatic heterocycles. The molecule has 0 radical (unpaired) electrons. The van der Waals surface area contributed by atoms with Gasteiger partial charge >= 0.3 is 0 Å². The van der Waals surface area contributed by atoms with E-state index in [9.17, 15) is 9.59 Å². The van der Waals surface area contributed by atoms with E-state index in [1.54, 1.807) is 25.5 Å². The quantitative estimate of drug-likeness (QED) is 0.201. The SMILES string of the molecule is CC(=O)c1ccc(-c2cncc3[nH]c(-c4n[nH]c5ccc(-c6cncc(NC(=O)C7CCCC7)c6)nc45)cc23)s1. The lowest BCUT2D eigenvalue weighted by Crippen LogP contribution is -2.20. The highest BCUT2D eigenvalue weighted by molar-refractivity contribution is 7.17. The number of hydrogen-bond donors (Lipinski definition) is 3. The molecule has 0 unspecified atom stereocenters. The number of rotatable bonds is 6. The molecule has 9 nitrogen and oxygen atoms in total. The van der Waals surface area contributed by atoms with Crippen LogP contribution in [-0.2, 0) is 4.79 Å². The summed E-state index contributed by atoms with van der Waals surface area (Å²) in [7, 11) is 0. The number of anilines is 1. The summed E-state index contributed by atoms with van der Waals surface area (Å²) in [5.41, 5.74) is 7.04. The van der Waals surface area contributed by atoms with Gasteiger partial charge in [-0.1, -0.05) is 12.8 Å². The van der Waals surface area contributed by atoms with E-state index in [2.05, 4.69) is 30.5 Å². The second kappa shape index (κ2) is 9.80. The van der Waals surface area contributed by atoms with Crippen molar-refractivity contribution in [3.63, 3.8) is 0 Å².